The number of halogens is 1. The SMILES string of the molecule is CCN1/C(=C/C2=[N+](C)c3cc(Cl)ccc3C2(C)C)C(C)(C)c2ccc3ccccc3c21. The molecular formula is C28H30ClN2+. The molecule has 3 aromatic carbocycles. The monoisotopic (exact) mass is 429 g/mol. The van der Waals surface area contributed by atoms with Gasteiger partial charge < -0.3 is 4.90 Å². The van der Waals surface area contributed by atoms with Gasteiger partial charge in [0, 0.05) is 45.8 Å². The van der Waals surface area contributed by atoms with Gasteiger partial charge in [0.15, 0.2) is 5.71 Å². The van der Waals surface area contributed by atoms with Crippen LogP contribution >= 0.6 is 11.6 Å². The first-order chi connectivity index (χ1) is 14.7. The number of anilines is 1. The summed E-state index contributed by atoms with van der Waals surface area (Å²) in [5, 5.41) is 3.41. The number of fused-ring (bicyclic) bond motifs is 4. The van der Waals surface area contributed by atoms with Gasteiger partial charge in [-0.1, -0.05) is 61.8 Å². The normalized spacial score (nSPS) is 20.0. The van der Waals surface area contributed by atoms with E-state index in [1.807, 2.05) is 6.07 Å². The molecule has 0 saturated carbocycles. The first kappa shape index (κ1) is 20.3. The summed E-state index contributed by atoms with van der Waals surface area (Å²) in [6.07, 6.45) is 2.44. The first-order valence-electron chi connectivity index (χ1n) is 11.1. The lowest BCUT2D eigenvalue weighted by molar-refractivity contribution is -0.401. The molecular weight excluding hydrogens is 400 g/mol. The Labute approximate surface area is 190 Å². The van der Waals surface area contributed by atoms with Crippen molar-refractivity contribution in [3.8, 4) is 0 Å². The van der Waals surface area contributed by atoms with Crippen LogP contribution in [0.2, 0.25) is 5.02 Å². The summed E-state index contributed by atoms with van der Waals surface area (Å²) in [6.45, 7) is 12.5. The van der Waals surface area contributed by atoms with Crippen LogP contribution in [0.25, 0.3) is 10.8 Å². The Hall–Kier alpha value is -2.58. The van der Waals surface area contributed by atoms with Crippen LogP contribution in [-0.2, 0) is 10.8 Å². The van der Waals surface area contributed by atoms with Crippen molar-refractivity contribution in [1.29, 1.82) is 0 Å². The van der Waals surface area contributed by atoms with Gasteiger partial charge in [0.25, 0.3) is 0 Å². The van der Waals surface area contributed by atoms with Crippen LogP contribution in [0.5, 0.6) is 0 Å². The van der Waals surface area contributed by atoms with Gasteiger partial charge in [0.1, 0.15) is 7.05 Å². The number of allylic oxidation sites excluding steroid dienone is 2. The predicted molar refractivity (Wildman–Crippen MR) is 133 cm³/mol. The molecule has 0 bridgehead atoms. The van der Waals surface area contributed by atoms with E-state index in [2.05, 4.69) is 106 Å². The van der Waals surface area contributed by atoms with Crippen LogP contribution in [0.15, 0.2) is 66.4 Å². The van der Waals surface area contributed by atoms with Gasteiger partial charge >= 0.3 is 0 Å². The number of nitrogens with zero attached hydrogens (tertiary/aromatic N) is 2. The Bertz CT molecular complexity index is 1290. The van der Waals surface area contributed by atoms with Gasteiger partial charge in [0.05, 0.1) is 11.1 Å². The van der Waals surface area contributed by atoms with Crippen molar-refractivity contribution in [2.75, 3.05) is 18.5 Å². The van der Waals surface area contributed by atoms with Crippen molar-refractivity contribution in [1.82, 2.24) is 0 Å². The summed E-state index contributed by atoms with van der Waals surface area (Å²) in [5.74, 6) is 0. The quantitative estimate of drug-likeness (QED) is 0.390. The van der Waals surface area contributed by atoms with Gasteiger partial charge in [-0.15, -0.1) is 0 Å². The average Bonchev–Trinajstić information content (AvgIpc) is 3.07. The van der Waals surface area contributed by atoms with Crippen LogP contribution in [0.4, 0.5) is 11.4 Å². The van der Waals surface area contributed by atoms with Crippen molar-refractivity contribution >= 4 is 39.5 Å². The maximum Gasteiger partial charge on any atom is 0.211 e. The Morgan fingerprint density at radius 2 is 1.65 bits per heavy atom. The van der Waals surface area contributed by atoms with Crippen LogP contribution in [-0.4, -0.2) is 23.9 Å². The zero-order chi connectivity index (χ0) is 22.1. The smallest absolute Gasteiger partial charge is 0.211 e. The summed E-state index contributed by atoms with van der Waals surface area (Å²) >= 11 is 6.35. The van der Waals surface area contributed by atoms with Crippen molar-refractivity contribution in [3.05, 3.63) is 82.5 Å². The lowest BCUT2D eigenvalue weighted by Gasteiger charge is -2.27. The number of hydrogen-bond acceptors (Lipinski definition) is 1. The molecule has 2 aliphatic rings. The van der Waals surface area contributed by atoms with E-state index >= 15 is 0 Å². The number of likely N-dealkylation sites (N-methyl/N-ethyl adjacent to an activating group) is 1. The number of rotatable bonds is 2. The number of benzene rings is 3. The topological polar surface area (TPSA) is 6.25 Å². The van der Waals surface area contributed by atoms with E-state index in [-0.39, 0.29) is 10.8 Å². The van der Waals surface area contributed by atoms with E-state index in [0.29, 0.717) is 0 Å². The molecule has 0 radical (unpaired) electrons. The molecule has 0 aromatic heterocycles. The summed E-state index contributed by atoms with van der Waals surface area (Å²) in [5.41, 5.74) is 7.79. The van der Waals surface area contributed by atoms with Crippen molar-refractivity contribution in [3.63, 3.8) is 0 Å². The van der Waals surface area contributed by atoms with Gasteiger partial charge in [-0.25, -0.2) is 0 Å². The fourth-order valence-electron chi connectivity index (χ4n) is 5.64. The maximum atomic E-state index is 6.35. The van der Waals surface area contributed by atoms with Gasteiger partial charge in [-0.3, -0.25) is 0 Å². The molecule has 0 atom stereocenters. The molecule has 31 heavy (non-hydrogen) atoms. The third kappa shape index (κ3) is 2.74. The van der Waals surface area contributed by atoms with E-state index in [1.165, 1.54) is 44.7 Å². The Morgan fingerprint density at radius 3 is 2.39 bits per heavy atom. The summed E-state index contributed by atoms with van der Waals surface area (Å²) < 4.78 is 2.32. The molecule has 158 valence electrons. The van der Waals surface area contributed by atoms with Crippen molar-refractivity contribution in [2.24, 2.45) is 0 Å². The minimum atomic E-state index is -0.0893. The standard InChI is InChI=1S/C28H30ClN2/c1-7-31-25(17-24-27(2,3)21-15-13-19(29)16-23(21)30(24)6)28(4,5)22-14-12-18-10-8-9-11-20(18)26(22)31/h8-17H,7H2,1-6H3/q+1. The molecule has 0 N–H and O–H groups in total. The highest BCUT2D eigenvalue weighted by atomic mass is 35.5. The van der Waals surface area contributed by atoms with E-state index < -0.39 is 0 Å². The minimum Gasteiger partial charge on any atom is -0.343 e. The molecule has 2 nitrogen and oxygen atoms in total. The van der Waals surface area contributed by atoms with Crippen LogP contribution in [0.1, 0.15) is 45.7 Å². The third-order valence-corrected chi connectivity index (χ3v) is 7.60. The summed E-state index contributed by atoms with van der Waals surface area (Å²) in [6, 6.07) is 19.6. The van der Waals surface area contributed by atoms with Gasteiger partial charge in [0.2, 0.25) is 5.69 Å². The molecule has 0 aliphatic carbocycles. The van der Waals surface area contributed by atoms with E-state index in [1.54, 1.807) is 0 Å². The largest absolute Gasteiger partial charge is 0.343 e. The highest BCUT2D eigenvalue weighted by Crippen LogP contribution is 2.51. The molecule has 0 spiro atoms. The maximum absolute atomic E-state index is 6.35. The number of hydrogen-bond donors (Lipinski definition) is 0. The van der Waals surface area contributed by atoms with E-state index in [4.69, 9.17) is 11.6 Å². The minimum absolute atomic E-state index is 0.0777. The molecule has 3 heteroatoms. The Kier molecular flexibility index (Phi) is 4.40. The molecule has 2 aliphatic heterocycles. The van der Waals surface area contributed by atoms with E-state index in [0.717, 1.165) is 11.6 Å². The van der Waals surface area contributed by atoms with Gasteiger partial charge in [-0.05, 0) is 43.9 Å². The Morgan fingerprint density at radius 1 is 0.935 bits per heavy atom. The Balaban J connectivity index is 1.74. The van der Waals surface area contributed by atoms with E-state index in [9.17, 15) is 0 Å². The molecule has 0 unspecified atom stereocenters. The first-order valence-corrected chi connectivity index (χ1v) is 11.5. The second kappa shape index (κ2) is 6.71. The zero-order valence-electron chi connectivity index (χ0n) is 19.3. The van der Waals surface area contributed by atoms with Crippen molar-refractivity contribution < 1.29 is 4.58 Å². The van der Waals surface area contributed by atoms with Gasteiger partial charge in [-0.2, -0.15) is 4.58 Å². The fraction of sp³-hybridized carbons (Fsp3) is 0.321. The highest BCUT2D eigenvalue weighted by Gasteiger charge is 2.47. The second-order valence-corrected chi connectivity index (χ2v) is 10.2. The fourth-order valence-corrected chi connectivity index (χ4v) is 5.80. The molecule has 3 aromatic rings. The van der Waals surface area contributed by atoms with Crippen molar-refractivity contribution in [2.45, 2.75) is 45.4 Å². The third-order valence-electron chi connectivity index (χ3n) is 7.36. The molecule has 0 amide bonds. The van der Waals surface area contributed by atoms with Crippen LogP contribution < -0.4 is 4.90 Å². The molecule has 2 heterocycles. The lowest BCUT2D eigenvalue weighted by Crippen LogP contribution is -2.32. The predicted octanol–water partition coefficient (Wildman–Crippen LogP) is 7.20. The molecule has 0 fully saturated rings. The zero-order valence-corrected chi connectivity index (χ0v) is 20.0. The highest BCUT2D eigenvalue weighted by molar-refractivity contribution is 6.31. The summed E-state index contributed by atoms with van der Waals surface area (Å²) in [7, 11) is 2.16. The second-order valence-electron chi connectivity index (χ2n) is 9.81. The van der Waals surface area contributed by atoms with Crippen LogP contribution in [0, 0.1) is 0 Å². The average molecular weight is 430 g/mol. The van der Waals surface area contributed by atoms with Crippen LogP contribution in [0.3, 0.4) is 0 Å². The molecule has 5 rings (SSSR count). The lowest BCUT2D eigenvalue weighted by atomic mass is 9.78. The molecule has 0 saturated heterocycles. The summed E-state index contributed by atoms with van der Waals surface area (Å²) in [4.78, 5) is 2.52.